The van der Waals surface area contributed by atoms with E-state index in [-0.39, 0.29) is 11.9 Å². The highest BCUT2D eigenvalue weighted by atomic mass is 16.5. The number of rotatable bonds is 4. The Morgan fingerprint density at radius 2 is 2.00 bits per heavy atom. The van der Waals surface area contributed by atoms with Crippen LogP contribution in [0.3, 0.4) is 0 Å². The quantitative estimate of drug-likeness (QED) is 0.698. The van der Waals surface area contributed by atoms with Gasteiger partial charge in [0.25, 0.3) is 0 Å². The van der Waals surface area contributed by atoms with Gasteiger partial charge in [0.15, 0.2) is 0 Å². The Labute approximate surface area is 86.2 Å². The summed E-state index contributed by atoms with van der Waals surface area (Å²) >= 11 is 0. The van der Waals surface area contributed by atoms with E-state index in [0.717, 1.165) is 44.7 Å². The second-order valence-corrected chi connectivity index (χ2v) is 4.05. The van der Waals surface area contributed by atoms with Gasteiger partial charge in [-0.1, -0.05) is 6.92 Å². The number of hydrogen-bond acceptors (Lipinski definition) is 3. The lowest BCUT2D eigenvalue weighted by Gasteiger charge is -2.26. The molecule has 14 heavy (non-hydrogen) atoms. The summed E-state index contributed by atoms with van der Waals surface area (Å²) in [7, 11) is 1.48. The maximum absolute atomic E-state index is 11.2. The van der Waals surface area contributed by atoms with Crippen LogP contribution < -0.4 is 5.32 Å². The van der Waals surface area contributed by atoms with E-state index in [1.54, 1.807) is 0 Å². The molecule has 0 atom stereocenters. The van der Waals surface area contributed by atoms with Crippen LogP contribution in [0.1, 0.15) is 32.6 Å². The van der Waals surface area contributed by atoms with Gasteiger partial charge in [-0.3, -0.25) is 4.79 Å². The van der Waals surface area contributed by atoms with Gasteiger partial charge in [-0.25, -0.2) is 0 Å². The highest BCUT2D eigenvalue weighted by molar-refractivity contribution is 5.72. The lowest BCUT2D eigenvalue weighted by Crippen LogP contribution is -2.29. The normalized spacial score (nSPS) is 27.3. The third-order valence-corrected chi connectivity index (χ3v) is 3.06. The summed E-state index contributed by atoms with van der Waals surface area (Å²) in [5.74, 6) is 0.903. The van der Waals surface area contributed by atoms with E-state index in [1.807, 2.05) is 0 Å². The Hall–Kier alpha value is -0.570. The number of carbonyl (C=O) groups is 1. The first-order valence-electron chi connectivity index (χ1n) is 5.56. The van der Waals surface area contributed by atoms with Crippen LogP contribution in [0.25, 0.3) is 0 Å². The number of hydrogen-bond donors (Lipinski definition) is 1. The Morgan fingerprint density at radius 3 is 2.50 bits per heavy atom. The zero-order valence-corrected chi connectivity index (χ0v) is 9.21. The highest BCUT2D eigenvalue weighted by Crippen LogP contribution is 2.28. The molecule has 1 aliphatic rings. The van der Waals surface area contributed by atoms with Crippen molar-refractivity contribution >= 4 is 5.97 Å². The molecule has 0 radical (unpaired) electrons. The topological polar surface area (TPSA) is 38.3 Å². The van der Waals surface area contributed by atoms with Gasteiger partial charge in [-0.05, 0) is 44.7 Å². The maximum Gasteiger partial charge on any atom is 0.308 e. The zero-order valence-electron chi connectivity index (χ0n) is 9.21. The molecule has 0 amide bonds. The predicted molar refractivity (Wildman–Crippen MR) is 56.0 cm³/mol. The molecule has 0 bridgehead atoms. The lowest BCUT2D eigenvalue weighted by molar-refractivity contribution is -0.146. The molecule has 0 saturated heterocycles. The molecular formula is C11H21NO2. The first-order valence-corrected chi connectivity index (χ1v) is 5.56. The van der Waals surface area contributed by atoms with E-state index in [0.29, 0.717) is 0 Å². The van der Waals surface area contributed by atoms with Crippen molar-refractivity contribution in [3.05, 3.63) is 0 Å². The van der Waals surface area contributed by atoms with Crippen molar-refractivity contribution in [2.45, 2.75) is 32.6 Å². The van der Waals surface area contributed by atoms with Gasteiger partial charge in [-0.15, -0.1) is 0 Å². The van der Waals surface area contributed by atoms with Crippen molar-refractivity contribution in [2.24, 2.45) is 11.8 Å². The largest absolute Gasteiger partial charge is 0.469 e. The molecule has 1 aliphatic carbocycles. The fourth-order valence-corrected chi connectivity index (χ4v) is 2.12. The first-order chi connectivity index (χ1) is 6.77. The van der Waals surface area contributed by atoms with Gasteiger partial charge in [-0.2, -0.15) is 0 Å². The molecule has 0 unspecified atom stereocenters. The molecule has 0 aromatic rings. The van der Waals surface area contributed by atoms with Crippen molar-refractivity contribution in [1.82, 2.24) is 5.32 Å². The van der Waals surface area contributed by atoms with Crippen LogP contribution >= 0.6 is 0 Å². The van der Waals surface area contributed by atoms with Gasteiger partial charge in [0.2, 0.25) is 0 Å². The van der Waals surface area contributed by atoms with Gasteiger partial charge in [0.1, 0.15) is 0 Å². The molecule has 0 aliphatic heterocycles. The lowest BCUT2D eigenvalue weighted by atomic mass is 9.82. The summed E-state index contributed by atoms with van der Waals surface area (Å²) in [4.78, 5) is 11.2. The fraction of sp³-hybridized carbons (Fsp3) is 0.909. The smallest absolute Gasteiger partial charge is 0.308 e. The fourth-order valence-electron chi connectivity index (χ4n) is 2.12. The number of ether oxygens (including phenoxy) is 1. The molecule has 1 saturated carbocycles. The van der Waals surface area contributed by atoms with Crippen molar-refractivity contribution in [3.8, 4) is 0 Å². The molecule has 0 aromatic heterocycles. The van der Waals surface area contributed by atoms with Crippen LogP contribution in [-0.4, -0.2) is 26.2 Å². The number of nitrogens with one attached hydrogen (secondary N) is 1. The zero-order chi connectivity index (χ0) is 10.4. The second kappa shape index (κ2) is 6.02. The molecule has 3 nitrogen and oxygen atoms in total. The van der Waals surface area contributed by atoms with Gasteiger partial charge in [0.05, 0.1) is 13.0 Å². The van der Waals surface area contributed by atoms with Crippen LogP contribution in [0, 0.1) is 11.8 Å². The number of carbonyl (C=O) groups excluding carboxylic acids is 1. The molecule has 1 N–H and O–H groups in total. The summed E-state index contributed by atoms with van der Waals surface area (Å²) in [5, 5.41) is 3.36. The minimum absolute atomic E-state index is 0.0214. The SMILES string of the molecule is CCNCC1CCC(C(=O)OC)CC1. The standard InChI is InChI=1S/C11H21NO2/c1-3-12-8-9-4-6-10(7-5-9)11(13)14-2/h9-10,12H,3-8H2,1-2H3. The second-order valence-electron chi connectivity index (χ2n) is 4.05. The molecular weight excluding hydrogens is 178 g/mol. The molecule has 0 heterocycles. The number of methoxy groups -OCH3 is 1. The van der Waals surface area contributed by atoms with E-state index in [2.05, 4.69) is 12.2 Å². The summed E-state index contributed by atoms with van der Waals surface area (Å²) in [6.07, 6.45) is 4.32. The van der Waals surface area contributed by atoms with Crippen LogP contribution in [0.4, 0.5) is 0 Å². The Kier molecular flexibility index (Phi) is 4.94. The Morgan fingerprint density at radius 1 is 1.36 bits per heavy atom. The molecule has 0 spiro atoms. The third-order valence-electron chi connectivity index (χ3n) is 3.06. The predicted octanol–water partition coefficient (Wildman–Crippen LogP) is 1.58. The average molecular weight is 199 g/mol. The average Bonchev–Trinajstić information content (AvgIpc) is 2.26. The van der Waals surface area contributed by atoms with E-state index >= 15 is 0 Å². The van der Waals surface area contributed by atoms with E-state index in [1.165, 1.54) is 7.11 Å². The molecule has 3 heteroatoms. The summed E-state index contributed by atoms with van der Waals surface area (Å²) < 4.78 is 4.75. The van der Waals surface area contributed by atoms with Crippen LogP contribution in [0.15, 0.2) is 0 Å². The van der Waals surface area contributed by atoms with Crippen LogP contribution in [0.5, 0.6) is 0 Å². The number of esters is 1. The highest BCUT2D eigenvalue weighted by Gasteiger charge is 2.26. The molecule has 1 rings (SSSR count). The van der Waals surface area contributed by atoms with E-state index < -0.39 is 0 Å². The molecule has 82 valence electrons. The minimum Gasteiger partial charge on any atom is -0.469 e. The van der Waals surface area contributed by atoms with Crippen molar-refractivity contribution in [2.75, 3.05) is 20.2 Å². The summed E-state index contributed by atoms with van der Waals surface area (Å²) in [5.41, 5.74) is 0. The van der Waals surface area contributed by atoms with Crippen LogP contribution in [-0.2, 0) is 9.53 Å². The Balaban J connectivity index is 2.20. The Bertz CT molecular complexity index is 174. The van der Waals surface area contributed by atoms with Crippen molar-refractivity contribution in [3.63, 3.8) is 0 Å². The van der Waals surface area contributed by atoms with Gasteiger partial charge < -0.3 is 10.1 Å². The van der Waals surface area contributed by atoms with Gasteiger partial charge >= 0.3 is 5.97 Å². The van der Waals surface area contributed by atoms with Crippen molar-refractivity contribution in [1.29, 1.82) is 0 Å². The molecule has 0 aromatic carbocycles. The molecule has 1 fully saturated rings. The summed E-state index contributed by atoms with van der Waals surface area (Å²) in [6, 6.07) is 0. The minimum atomic E-state index is -0.0214. The maximum atomic E-state index is 11.2. The third kappa shape index (κ3) is 3.29. The summed E-state index contributed by atoms with van der Waals surface area (Å²) in [6.45, 7) is 4.27. The first kappa shape index (κ1) is 11.5. The van der Waals surface area contributed by atoms with E-state index in [9.17, 15) is 4.79 Å². The van der Waals surface area contributed by atoms with Crippen molar-refractivity contribution < 1.29 is 9.53 Å². The monoisotopic (exact) mass is 199 g/mol. The van der Waals surface area contributed by atoms with E-state index in [4.69, 9.17) is 4.74 Å². The van der Waals surface area contributed by atoms with Gasteiger partial charge in [0, 0.05) is 0 Å². The van der Waals surface area contributed by atoms with Crippen LogP contribution in [0.2, 0.25) is 0 Å².